The molecule has 1 unspecified atom stereocenters. The molecule has 4 aromatic rings. The number of hydrogen-bond acceptors (Lipinski definition) is 10. The fourth-order valence-corrected chi connectivity index (χ4v) is 9.68. The highest BCUT2D eigenvalue weighted by molar-refractivity contribution is 6.05. The molecule has 0 saturated carbocycles. The van der Waals surface area contributed by atoms with E-state index in [1.54, 1.807) is 40.2 Å². The van der Waals surface area contributed by atoms with Crippen LogP contribution in [0.4, 0.5) is 29.1 Å². The lowest BCUT2D eigenvalue weighted by molar-refractivity contribution is -0.138. The molecule has 7 rings (SSSR count). The molecule has 1 aromatic heterocycles. The molecule has 2 fully saturated rings. The van der Waals surface area contributed by atoms with Gasteiger partial charge in [0.25, 0.3) is 5.91 Å². The average molecular weight is 890 g/mol. The maximum absolute atomic E-state index is 14.8. The number of nitrogens with two attached hydrogens (primary N) is 1. The van der Waals surface area contributed by atoms with Crippen LogP contribution in [0, 0.1) is 12.7 Å². The molecule has 0 aliphatic carbocycles. The molecule has 3 aromatic carbocycles. The van der Waals surface area contributed by atoms with Crippen molar-refractivity contribution in [1.29, 1.82) is 0 Å². The van der Waals surface area contributed by atoms with Crippen molar-refractivity contribution in [3.63, 3.8) is 0 Å². The van der Waals surface area contributed by atoms with Crippen molar-refractivity contribution in [3.05, 3.63) is 81.4 Å². The van der Waals surface area contributed by atoms with Crippen LogP contribution in [0.3, 0.4) is 0 Å². The maximum atomic E-state index is 14.8. The Morgan fingerprint density at radius 3 is 2.28 bits per heavy atom. The van der Waals surface area contributed by atoms with E-state index in [4.69, 9.17) is 20.2 Å². The second-order valence-corrected chi connectivity index (χ2v) is 17.5. The van der Waals surface area contributed by atoms with Crippen LogP contribution in [0.25, 0.3) is 10.9 Å². The number of benzene rings is 3. The van der Waals surface area contributed by atoms with Crippen molar-refractivity contribution in [2.75, 3.05) is 44.9 Å². The molecular formula is C48H59F4N7O5. The number of piperidine rings is 2. The van der Waals surface area contributed by atoms with Crippen molar-refractivity contribution < 1.29 is 41.4 Å². The number of hydrogen-bond donors (Lipinski definition) is 3. The third kappa shape index (κ3) is 10.5. The van der Waals surface area contributed by atoms with E-state index in [0.29, 0.717) is 51.6 Å². The molecule has 344 valence electrons. The summed E-state index contributed by atoms with van der Waals surface area (Å²) in [7, 11) is 3.17. The Bertz CT molecular complexity index is 2370. The third-order valence-corrected chi connectivity index (χ3v) is 13.0. The fraction of sp³-hybridized carbons (Fsp3) is 0.521. The summed E-state index contributed by atoms with van der Waals surface area (Å²) in [5, 5.41) is 6.32. The molecule has 64 heavy (non-hydrogen) atoms. The predicted molar refractivity (Wildman–Crippen MR) is 237 cm³/mol. The first-order chi connectivity index (χ1) is 30.6. The van der Waals surface area contributed by atoms with Crippen LogP contribution in [-0.2, 0) is 28.7 Å². The number of aromatic nitrogens is 2. The number of halogens is 4. The highest BCUT2D eigenvalue weighted by Gasteiger charge is 2.41. The van der Waals surface area contributed by atoms with E-state index in [-0.39, 0.29) is 42.8 Å². The number of nitrogens with zero attached hydrogens (tertiary/aromatic N) is 4. The number of imide groups is 1. The summed E-state index contributed by atoms with van der Waals surface area (Å²) in [5.41, 5.74) is 9.09. The number of nitrogen functional groups attached to an aromatic ring is 1. The Morgan fingerprint density at radius 1 is 0.906 bits per heavy atom. The van der Waals surface area contributed by atoms with E-state index >= 15 is 0 Å². The SMILES string of the molecule is COc1cc2c(N[C@H](C)c3cc(N)cc(C(F)(F)F)c3)nc(C)nc2c(CCCCCCCCCCN2CCC(c3cc(F)cc4c3CN(C3CCC(=O)NC3=O)C4=O)CC2)c1OC. The number of rotatable bonds is 18. The molecule has 12 nitrogen and oxygen atoms in total. The summed E-state index contributed by atoms with van der Waals surface area (Å²) in [6.45, 7) is 6.64. The minimum absolute atomic E-state index is 0.0268. The number of aryl methyl sites for hydroxylation is 2. The largest absolute Gasteiger partial charge is 0.493 e. The van der Waals surface area contributed by atoms with Crippen molar-refractivity contribution in [2.45, 2.75) is 128 Å². The van der Waals surface area contributed by atoms with Crippen molar-refractivity contribution in [2.24, 2.45) is 0 Å². The van der Waals surface area contributed by atoms with Crippen LogP contribution in [0.1, 0.15) is 140 Å². The van der Waals surface area contributed by atoms with Gasteiger partial charge in [0, 0.05) is 35.2 Å². The smallest absolute Gasteiger partial charge is 0.416 e. The lowest BCUT2D eigenvalue weighted by Gasteiger charge is -2.33. The van der Waals surface area contributed by atoms with Gasteiger partial charge in [-0.2, -0.15) is 13.2 Å². The number of unbranched alkanes of at least 4 members (excludes halogenated alkanes) is 7. The zero-order chi connectivity index (χ0) is 45.7. The van der Waals surface area contributed by atoms with Gasteiger partial charge < -0.3 is 30.3 Å². The minimum atomic E-state index is -4.53. The molecule has 2 saturated heterocycles. The van der Waals surface area contributed by atoms with Gasteiger partial charge in [-0.05, 0) is 131 Å². The highest BCUT2D eigenvalue weighted by Crippen LogP contribution is 2.42. The normalized spacial score (nSPS) is 17.8. The Kier molecular flexibility index (Phi) is 14.6. The zero-order valence-electron chi connectivity index (χ0n) is 37.1. The second kappa shape index (κ2) is 20.1. The first-order valence-electron chi connectivity index (χ1n) is 22.5. The van der Waals surface area contributed by atoms with Gasteiger partial charge in [-0.1, -0.05) is 38.5 Å². The topological polar surface area (TPSA) is 152 Å². The number of likely N-dealkylation sites (tertiary alicyclic amines) is 1. The molecule has 2 atom stereocenters. The van der Waals surface area contributed by atoms with Gasteiger partial charge in [0.15, 0.2) is 11.5 Å². The molecule has 0 radical (unpaired) electrons. The molecule has 0 bridgehead atoms. The molecule has 4 N–H and O–H groups in total. The number of methoxy groups -OCH3 is 2. The Balaban J connectivity index is 0.851. The van der Waals surface area contributed by atoms with Crippen LogP contribution < -0.4 is 25.8 Å². The Morgan fingerprint density at radius 2 is 1.61 bits per heavy atom. The minimum Gasteiger partial charge on any atom is -0.493 e. The summed E-state index contributed by atoms with van der Waals surface area (Å²) >= 11 is 0. The van der Waals surface area contributed by atoms with Crippen molar-refractivity contribution >= 4 is 40.1 Å². The number of nitrogens with one attached hydrogen (secondary N) is 2. The molecular weight excluding hydrogens is 831 g/mol. The zero-order valence-corrected chi connectivity index (χ0v) is 37.1. The number of ether oxygens (including phenoxy) is 2. The average Bonchev–Trinajstić information content (AvgIpc) is 3.58. The van der Waals surface area contributed by atoms with Gasteiger partial charge in [-0.3, -0.25) is 19.7 Å². The maximum Gasteiger partial charge on any atom is 0.416 e. The van der Waals surface area contributed by atoms with Gasteiger partial charge in [0.2, 0.25) is 11.8 Å². The van der Waals surface area contributed by atoms with Crippen LogP contribution in [0.15, 0.2) is 36.4 Å². The second-order valence-electron chi connectivity index (χ2n) is 17.5. The van der Waals surface area contributed by atoms with Crippen LogP contribution in [-0.4, -0.2) is 77.4 Å². The quantitative estimate of drug-likeness (QED) is 0.0382. The summed E-state index contributed by atoms with van der Waals surface area (Å²) in [6.07, 6.45) is 7.12. The van der Waals surface area contributed by atoms with Crippen molar-refractivity contribution in [3.8, 4) is 11.5 Å². The van der Waals surface area contributed by atoms with Gasteiger partial charge >= 0.3 is 6.18 Å². The molecule has 3 aliphatic rings. The van der Waals surface area contributed by atoms with Gasteiger partial charge in [0.05, 0.1) is 31.3 Å². The van der Waals surface area contributed by atoms with Gasteiger partial charge in [-0.15, -0.1) is 0 Å². The number of carbonyl (C=O) groups is 3. The monoisotopic (exact) mass is 889 g/mol. The summed E-state index contributed by atoms with van der Waals surface area (Å²) in [5.74, 6) is 0.667. The number of fused-ring (bicyclic) bond motifs is 2. The first kappa shape index (κ1) is 46.5. The van der Waals surface area contributed by atoms with E-state index in [0.717, 1.165) is 113 Å². The number of alkyl halides is 3. The molecule has 16 heteroatoms. The van der Waals surface area contributed by atoms with E-state index in [9.17, 15) is 31.9 Å². The lowest BCUT2D eigenvalue weighted by Crippen LogP contribution is -2.52. The Hall–Kier alpha value is -5.51. The first-order valence-corrected chi connectivity index (χ1v) is 22.5. The molecule has 0 spiro atoms. The number of carbonyl (C=O) groups excluding carboxylic acids is 3. The summed E-state index contributed by atoms with van der Waals surface area (Å²) in [6, 6.07) is 6.94. The van der Waals surface area contributed by atoms with E-state index < -0.39 is 35.5 Å². The van der Waals surface area contributed by atoms with E-state index in [2.05, 4.69) is 20.5 Å². The van der Waals surface area contributed by atoms with Gasteiger partial charge in [0.1, 0.15) is 23.5 Å². The van der Waals surface area contributed by atoms with E-state index in [1.807, 2.05) is 0 Å². The van der Waals surface area contributed by atoms with Crippen LogP contribution in [0.2, 0.25) is 0 Å². The fourth-order valence-electron chi connectivity index (χ4n) is 9.68. The predicted octanol–water partition coefficient (Wildman–Crippen LogP) is 9.17. The summed E-state index contributed by atoms with van der Waals surface area (Å²) in [4.78, 5) is 51.0. The molecule has 3 amide bonds. The lowest BCUT2D eigenvalue weighted by atomic mass is 9.85. The van der Waals surface area contributed by atoms with Gasteiger partial charge in [-0.25, -0.2) is 14.4 Å². The Labute approximate surface area is 371 Å². The molecule has 3 aliphatic heterocycles. The van der Waals surface area contributed by atoms with Crippen LogP contribution >= 0.6 is 0 Å². The highest BCUT2D eigenvalue weighted by atomic mass is 19.4. The third-order valence-electron chi connectivity index (χ3n) is 13.0. The standard InChI is InChI=1S/C48H59F4N7O5/c1-28(31-21-32(48(50,51)52)23-34(53)22-31)54-45-38-26-41(63-3)44(64-4)35(43(38)55-29(2)56-45)13-11-9-7-5-6-8-10-12-18-58-19-16-30(17-20-58)36-24-33(49)25-37-39(36)27-59(47(37)62)40-14-15-42(60)57-46(40)61/h21-26,28,30,40H,5-20,27,53H2,1-4H3,(H,54,55,56)(H,57,60,61)/t28-,40?/m1/s1. The molecule has 4 heterocycles. The number of anilines is 2. The number of amides is 3. The summed E-state index contributed by atoms with van der Waals surface area (Å²) < 4.78 is 67.2. The van der Waals surface area contributed by atoms with Crippen molar-refractivity contribution in [1.82, 2.24) is 25.1 Å². The van der Waals surface area contributed by atoms with E-state index in [1.165, 1.54) is 17.0 Å². The van der Waals surface area contributed by atoms with Crippen LogP contribution in [0.5, 0.6) is 11.5 Å².